The Morgan fingerprint density at radius 1 is 0.600 bits per heavy atom. The summed E-state index contributed by atoms with van der Waals surface area (Å²) in [5.74, 6) is -0.359. The van der Waals surface area contributed by atoms with E-state index in [2.05, 4.69) is 38.2 Å². The predicted molar refractivity (Wildman–Crippen MR) is 210 cm³/mol. The number of nitrogens with two attached hydrogens (primary N) is 1. The summed E-state index contributed by atoms with van der Waals surface area (Å²) in [7, 11) is -4.29. The van der Waals surface area contributed by atoms with Crippen molar-refractivity contribution in [1.82, 2.24) is 0 Å². The minimum Gasteiger partial charge on any atom is -0.498 e. The summed E-state index contributed by atoms with van der Waals surface area (Å²) in [6.07, 6.45) is 43.9. The fraction of sp³-hybridized carbons (Fsp3) is 0.829. The lowest BCUT2D eigenvalue weighted by molar-refractivity contribution is -0.153. The Balaban J connectivity index is 4.12. The van der Waals surface area contributed by atoms with E-state index in [1.165, 1.54) is 135 Å². The van der Waals surface area contributed by atoms with Crippen molar-refractivity contribution in [3.05, 3.63) is 36.6 Å². The van der Waals surface area contributed by atoms with Gasteiger partial charge in [-0.2, -0.15) is 0 Å². The maximum Gasteiger partial charge on any atom is 0.472 e. The van der Waals surface area contributed by atoms with Crippen LogP contribution in [-0.2, 0) is 27.9 Å². The van der Waals surface area contributed by atoms with Crippen LogP contribution < -0.4 is 5.73 Å². The summed E-state index contributed by atoms with van der Waals surface area (Å²) >= 11 is 0. The predicted octanol–water partition coefficient (Wildman–Crippen LogP) is 12.2. The van der Waals surface area contributed by atoms with Crippen molar-refractivity contribution in [2.75, 3.05) is 26.4 Å². The molecule has 0 saturated carbocycles. The summed E-state index contributed by atoms with van der Waals surface area (Å²) < 4.78 is 33.1. The van der Waals surface area contributed by atoms with Gasteiger partial charge in [0.05, 0.1) is 19.5 Å². The lowest BCUT2D eigenvalue weighted by Gasteiger charge is -2.19. The largest absolute Gasteiger partial charge is 0.498 e. The van der Waals surface area contributed by atoms with Gasteiger partial charge >= 0.3 is 13.8 Å². The molecule has 3 N–H and O–H groups in total. The van der Waals surface area contributed by atoms with Crippen LogP contribution in [0.25, 0.3) is 0 Å². The second-order valence-electron chi connectivity index (χ2n) is 13.6. The molecule has 0 radical (unpaired) electrons. The highest BCUT2D eigenvalue weighted by Crippen LogP contribution is 2.43. The molecule has 0 rings (SSSR count). The third-order valence-electron chi connectivity index (χ3n) is 8.59. The van der Waals surface area contributed by atoms with Crippen molar-refractivity contribution in [1.29, 1.82) is 0 Å². The molecule has 0 aliphatic rings. The number of rotatable bonds is 39. The molecule has 0 spiro atoms. The summed E-state index contributed by atoms with van der Waals surface area (Å²) in [6.45, 7) is 4.21. The number of carbonyl (C=O) groups is 1. The number of unbranched alkanes of at least 4 members (excludes halogenated alkanes) is 22. The summed E-state index contributed by atoms with van der Waals surface area (Å²) in [6, 6.07) is 0. The molecule has 0 aliphatic heterocycles. The minimum absolute atomic E-state index is 0.0281. The molecule has 0 aromatic heterocycles. The molecular weight excluding hydrogens is 649 g/mol. The highest BCUT2D eigenvalue weighted by Gasteiger charge is 2.25. The van der Waals surface area contributed by atoms with E-state index in [9.17, 15) is 14.3 Å². The van der Waals surface area contributed by atoms with Crippen molar-refractivity contribution in [2.45, 2.75) is 193 Å². The molecule has 50 heavy (non-hydrogen) atoms. The molecule has 8 nitrogen and oxygen atoms in total. The Morgan fingerprint density at radius 2 is 1.02 bits per heavy atom. The highest BCUT2D eigenvalue weighted by molar-refractivity contribution is 7.47. The maximum absolute atomic E-state index is 12.5. The molecule has 0 aromatic rings. The number of phosphoric ester groups is 1. The first-order valence-corrected chi connectivity index (χ1v) is 22.0. The number of phosphoric acid groups is 1. The lowest BCUT2D eigenvalue weighted by atomic mass is 10.1. The average molecular weight is 728 g/mol. The number of allylic oxidation sites excluding steroid dienone is 5. The van der Waals surface area contributed by atoms with Crippen LogP contribution in [0.1, 0.15) is 187 Å². The van der Waals surface area contributed by atoms with E-state index in [4.69, 9.17) is 24.3 Å². The first kappa shape index (κ1) is 48.6. The van der Waals surface area contributed by atoms with E-state index in [1.54, 1.807) is 6.26 Å². The van der Waals surface area contributed by atoms with Gasteiger partial charge in [0.1, 0.15) is 6.61 Å². The number of hydrogen-bond acceptors (Lipinski definition) is 7. The molecule has 0 aromatic carbocycles. The molecule has 294 valence electrons. The molecule has 0 amide bonds. The van der Waals surface area contributed by atoms with Crippen molar-refractivity contribution in [3.8, 4) is 0 Å². The topological polar surface area (TPSA) is 117 Å². The van der Waals surface area contributed by atoms with Gasteiger partial charge in [-0.3, -0.25) is 13.8 Å². The monoisotopic (exact) mass is 728 g/mol. The van der Waals surface area contributed by atoms with Gasteiger partial charge in [-0.25, -0.2) is 4.57 Å². The number of carbonyl (C=O) groups excluding carboxylic acids is 1. The van der Waals surface area contributed by atoms with Crippen LogP contribution in [0.3, 0.4) is 0 Å². The van der Waals surface area contributed by atoms with Crippen LogP contribution in [0.4, 0.5) is 0 Å². The van der Waals surface area contributed by atoms with Crippen LogP contribution in [0.5, 0.6) is 0 Å². The number of hydrogen-bond donors (Lipinski definition) is 2. The quantitative estimate of drug-likeness (QED) is 0.0211. The summed E-state index contributed by atoms with van der Waals surface area (Å²) in [5, 5.41) is 0. The molecule has 0 fully saturated rings. The smallest absolute Gasteiger partial charge is 0.472 e. The maximum atomic E-state index is 12.5. The van der Waals surface area contributed by atoms with E-state index >= 15 is 0 Å². The van der Waals surface area contributed by atoms with E-state index in [0.717, 1.165) is 32.1 Å². The van der Waals surface area contributed by atoms with Crippen molar-refractivity contribution in [2.24, 2.45) is 5.73 Å². The highest BCUT2D eigenvalue weighted by atomic mass is 31.2. The summed E-state index contributed by atoms with van der Waals surface area (Å²) in [5.41, 5.74) is 5.35. The SMILES string of the molecule is CCCCCC/C=C\CCCCCCCC/C=C\OC[C@H](COP(=O)(O)OCCN)OC(=O)CCCCCCCCC/C=C\CCCCCC. The van der Waals surface area contributed by atoms with E-state index < -0.39 is 13.9 Å². The number of esters is 1. The normalized spacial score (nSPS) is 13.8. The van der Waals surface area contributed by atoms with Gasteiger partial charge in [0.15, 0.2) is 6.10 Å². The zero-order chi connectivity index (χ0) is 36.6. The van der Waals surface area contributed by atoms with Gasteiger partial charge in [-0.05, 0) is 76.7 Å². The zero-order valence-electron chi connectivity index (χ0n) is 32.4. The van der Waals surface area contributed by atoms with Crippen LogP contribution >= 0.6 is 7.82 Å². The van der Waals surface area contributed by atoms with Gasteiger partial charge in [0.2, 0.25) is 0 Å². The molecular formula is C41H78NO7P. The average Bonchev–Trinajstić information content (AvgIpc) is 3.10. The van der Waals surface area contributed by atoms with Gasteiger partial charge in [0.25, 0.3) is 0 Å². The van der Waals surface area contributed by atoms with Crippen LogP contribution in [0.2, 0.25) is 0 Å². The van der Waals surface area contributed by atoms with Crippen LogP contribution in [-0.4, -0.2) is 43.3 Å². The Labute approximate surface area is 308 Å². The minimum atomic E-state index is -4.29. The third kappa shape index (κ3) is 37.8. The van der Waals surface area contributed by atoms with Crippen molar-refractivity contribution >= 4 is 13.8 Å². The van der Waals surface area contributed by atoms with E-state index in [0.29, 0.717) is 6.42 Å². The fourth-order valence-electron chi connectivity index (χ4n) is 5.54. The van der Waals surface area contributed by atoms with E-state index in [1.807, 2.05) is 6.08 Å². The Morgan fingerprint density at radius 3 is 1.48 bits per heavy atom. The molecule has 1 unspecified atom stereocenters. The Kier molecular flexibility index (Phi) is 37.7. The van der Waals surface area contributed by atoms with Crippen LogP contribution in [0.15, 0.2) is 36.6 Å². The van der Waals surface area contributed by atoms with Crippen molar-refractivity contribution in [3.63, 3.8) is 0 Å². The van der Waals surface area contributed by atoms with Gasteiger partial charge in [0, 0.05) is 13.0 Å². The molecule has 9 heteroatoms. The fourth-order valence-corrected chi connectivity index (χ4v) is 6.30. The zero-order valence-corrected chi connectivity index (χ0v) is 33.3. The Hall–Kier alpha value is -1.44. The number of ether oxygens (including phenoxy) is 2. The first-order valence-electron chi connectivity index (χ1n) is 20.5. The molecule has 0 saturated heterocycles. The van der Waals surface area contributed by atoms with Gasteiger partial charge in [-0.1, -0.05) is 134 Å². The lowest BCUT2D eigenvalue weighted by Crippen LogP contribution is -2.27. The van der Waals surface area contributed by atoms with Gasteiger partial charge in [-0.15, -0.1) is 0 Å². The molecule has 2 atom stereocenters. The van der Waals surface area contributed by atoms with E-state index in [-0.39, 0.29) is 32.3 Å². The summed E-state index contributed by atoms with van der Waals surface area (Å²) in [4.78, 5) is 22.4. The molecule has 0 aliphatic carbocycles. The second kappa shape index (κ2) is 38.8. The first-order chi connectivity index (χ1) is 24.4. The molecule has 0 bridgehead atoms. The van der Waals surface area contributed by atoms with Crippen molar-refractivity contribution < 1.29 is 32.8 Å². The van der Waals surface area contributed by atoms with Crippen LogP contribution in [0, 0.1) is 0 Å². The van der Waals surface area contributed by atoms with Gasteiger partial charge < -0.3 is 20.1 Å². The second-order valence-corrected chi connectivity index (χ2v) is 15.0. The third-order valence-corrected chi connectivity index (χ3v) is 9.58. The molecule has 0 heterocycles. The standard InChI is InChI=1S/C41H78NO7P/c1-3-5-7-9-11-13-15-17-19-21-23-25-27-29-31-33-36-46-38-40(39-48-50(44,45)47-37-35-42)49-41(43)34-32-30-28-26-24-22-20-18-16-14-12-10-8-6-4-2/h13-16,33,36,40H,3-12,17-32,34-35,37-39,42H2,1-2H3,(H,44,45)/b15-13-,16-14-,36-33-/t40-/m1/s1. The Bertz CT molecular complexity index is 864.